The summed E-state index contributed by atoms with van der Waals surface area (Å²) >= 11 is 0. The van der Waals surface area contributed by atoms with Gasteiger partial charge in [0.25, 0.3) is 0 Å². The van der Waals surface area contributed by atoms with Gasteiger partial charge in [0, 0.05) is 6.07 Å². The topological polar surface area (TPSA) is 38.9 Å². The van der Waals surface area contributed by atoms with Gasteiger partial charge < -0.3 is 5.73 Å². The first kappa shape index (κ1) is 13.5. The van der Waals surface area contributed by atoms with Crippen LogP contribution in [0, 0.1) is 17.5 Å². The largest absolute Gasteiger partial charge is 0.320 e. The zero-order valence-corrected chi connectivity index (χ0v) is 10.3. The van der Waals surface area contributed by atoms with Gasteiger partial charge in [0.1, 0.15) is 17.5 Å². The highest BCUT2D eigenvalue weighted by Crippen LogP contribution is 2.22. The smallest absolute Gasteiger partial charge is 0.141 e. The van der Waals surface area contributed by atoms with Gasteiger partial charge in [-0.15, -0.1) is 0 Å². The molecule has 0 saturated heterocycles. The highest BCUT2D eigenvalue weighted by molar-refractivity contribution is 5.24. The van der Waals surface area contributed by atoms with Crippen LogP contribution in [0.2, 0.25) is 0 Å². The lowest BCUT2D eigenvalue weighted by atomic mass is 9.90. The molecule has 1 atom stereocenters. The van der Waals surface area contributed by atoms with Crippen molar-refractivity contribution < 1.29 is 13.2 Å². The van der Waals surface area contributed by atoms with Crippen molar-refractivity contribution >= 4 is 0 Å². The summed E-state index contributed by atoms with van der Waals surface area (Å²) in [6, 6.07) is 5.95. The number of halogens is 3. The highest BCUT2D eigenvalue weighted by atomic mass is 19.1. The summed E-state index contributed by atoms with van der Waals surface area (Å²) in [6.45, 7) is 1.68. The number of nitrogens with two attached hydrogens (primary N) is 1. The van der Waals surface area contributed by atoms with Crippen LogP contribution in [0.3, 0.4) is 0 Å². The van der Waals surface area contributed by atoms with Crippen molar-refractivity contribution in [2.75, 3.05) is 0 Å². The van der Waals surface area contributed by atoms with E-state index in [4.69, 9.17) is 5.73 Å². The lowest BCUT2D eigenvalue weighted by molar-refractivity contribution is 0.469. The first-order valence-electron chi connectivity index (χ1n) is 5.73. The lowest BCUT2D eigenvalue weighted by Crippen LogP contribution is -2.36. The molecule has 100 valence electrons. The van der Waals surface area contributed by atoms with Crippen LogP contribution in [0.25, 0.3) is 0 Å². The molecule has 0 aliphatic heterocycles. The predicted octanol–water partition coefficient (Wildman–Crippen LogP) is 2.92. The third kappa shape index (κ3) is 3.32. The van der Waals surface area contributed by atoms with Gasteiger partial charge in [-0.2, -0.15) is 0 Å². The van der Waals surface area contributed by atoms with E-state index in [0.717, 1.165) is 12.3 Å². The number of pyridine rings is 1. The maximum atomic E-state index is 13.1. The Labute approximate surface area is 109 Å². The third-order valence-electron chi connectivity index (χ3n) is 2.81. The molecule has 1 unspecified atom stereocenters. The monoisotopic (exact) mass is 266 g/mol. The molecule has 0 amide bonds. The summed E-state index contributed by atoms with van der Waals surface area (Å²) in [7, 11) is 0. The van der Waals surface area contributed by atoms with E-state index < -0.39 is 23.0 Å². The molecule has 2 N–H and O–H groups in total. The summed E-state index contributed by atoms with van der Waals surface area (Å²) in [5, 5.41) is 0. The molecule has 0 saturated carbocycles. The Balaban J connectivity index is 2.27. The van der Waals surface area contributed by atoms with Crippen LogP contribution in [0.4, 0.5) is 13.2 Å². The molecule has 2 rings (SSSR count). The Hall–Kier alpha value is -1.88. The molecule has 0 spiro atoms. The molecule has 0 aliphatic rings. The summed E-state index contributed by atoms with van der Waals surface area (Å²) in [6.07, 6.45) is 1.26. The van der Waals surface area contributed by atoms with E-state index in [-0.39, 0.29) is 6.42 Å². The van der Waals surface area contributed by atoms with E-state index in [9.17, 15) is 13.2 Å². The fourth-order valence-electron chi connectivity index (χ4n) is 1.94. The molecular formula is C14H13F3N2. The Morgan fingerprint density at radius 2 is 1.68 bits per heavy atom. The Kier molecular flexibility index (Phi) is 3.57. The van der Waals surface area contributed by atoms with Crippen molar-refractivity contribution in [2.45, 2.75) is 18.9 Å². The number of rotatable bonds is 3. The molecule has 19 heavy (non-hydrogen) atoms. The van der Waals surface area contributed by atoms with Gasteiger partial charge in [-0.1, -0.05) is 0 Å². The molecule has 0 aliphatic carbocycles. The molecule has 1 aromatic heterocycles. The van der Waals surface area contributed by atoms with Crippen LogP contribution >= 0.6 is 0 Å². The fraction of sp³-hybridized carbons (Fsp3) is 0.214. The van der Waals surface area contributed by atoms with Gasteiger partial charge in [0.15, 0.2) is 0 Å². The van der Waals surface area contributed by atoms with Gasteiger partial charge in [-0.3, -0.25) is 4.98 Å². The third-order valence-corrected chi connectivity index (χ3v) is 2.81. The van der Waals surface area contributed by atoms with Crippen LogP contribution in [-0.4, -0.2) is 4.98 Å². The average molecular weight is 266 g/mol. The van der Waals surface area contributed by atoms with Crippen LogP contribution < -0.4 is 5.73 Å². The minimum absolute atomic E-state index is 0.195. The second-order valence-corrected chi connectivity index (χ2v) is 4.73. The first-order chi connectivity index (χ1) is 8.87. The highest BCUT2D eigenvalue weighted by Gasteiger charge is 2.23. The summed E-state index contributed by atoms with van der Waals surface area (Å²) in [4.78, 5) is 3.90. The number of hydrogen-bond acceptors (Lipinski definition) is 2. The van der Waals surface area contributed by atoms with Crippen LogP contribution in [-0.2, 0) is 12.0 Å². The number of nitrogens with zero attached hydrogens (tertiary/aromatic N) is 1. The second kappa shape index (κ2) is 5.01. The molecule has 0 bridgehead atoms. The van der Waals surface area contributed by atoms with Crippen LogP contribution in [0.5, 0.6) is 0 Å². The van der Waals surface area contributed by atoms with Gasteiger partial charge >= 0.3 is 0 Å². The summed E-state index contributed by atoms with van der Waals surface area (Å²) in [5.74, 6) is -1.77. The van der Waals surface area contributed by atoms with E-state index in [0.29, 0.717) is 11.3 Å². The van der Waals surface area contributed by atoms with Crippen molar-refractivity contribution in [1.29, 1.82) is 0 Å². The average Bonchev–Trinajstić information content (AvgIpc) is 2.27. The van der Waals surface area contributed by atoms with E-state index in [2.05, 4.69) is 4.98 Å². The first-order valence-corrected chi connectivity index (χ1v) is 5.73. The second-order valence-electron chi connectivity index (χ2n) is 4.73. The SMILES string of the molecule is CC(N)(Cc1cc(F)cc(F)c1)c1ccc(F)cn1. The van der Waals surface area contributed by atoms with Crippen LogP contribution in [0.1, 0.15) is 18.2 Å². The minimum Gasteiger partial charge on any atom is -0.320 e. The molecule has 1 aromatic carbocycles. The molecule has 0 fully saturated rings. The van der Waals surface area contributed by atoms with E-state index >= 15 is 0 Å². The van der Waals surface area contributed by atoms with Crippen molar-refractivity contribution in [3.8, 4) is 0 Å². The quantitative estimate of drug-likeness (QED) is 0.927. The van der Waals surface area contributed by atoms with Crippen molar-refractivity contribution in [3.05, 3.63) is 65.2 Å². The van der Waals surface area contributed by atoms with Crippen molar-refractivity contribution in [3.63, 3.8) is 0 Å². The lowest BCUT2D eigenvalue weighted by Gasteiger charge is -2.24. The van der Waals surface area contributed by atoms with E-state index in [1.165, 1.54) is 24.3 Å². The van der Waals surface area contributed by atoms with Crippen molar-refractivity contribution in [1.82, 2.24) is 4.98 Å². The fourth-order valence-corrected chi connectivity index (χ4v) is 1.94. The Morgan fingerprint density at radius 1 is 1.05 bits per heavy atom. The van der Waals surface area contributed by atoms with Crippen molar-refractivity contribution in [2.24, 2.45) is 5.73 Å². The van der Waals surface area contributed by atoms with E-state index in [1.807, 2.05) is 0 Å². The zero-order valence-electron chi connectivity index (χ0n) is 10.3. The number of hydrogen-bond donors (Lipinski definition) is 1. The molecule has 0 radical (unpaired) electrons. The number of benzene rings is 1. The van der Waals surface area contributed by atoms with Gasteiger partial charge in [-0.25, -0.2) is 13.2 Å². The van der Waals surface area contributed by atoms with Gasteiger partial charge in [-0.05, 0) is 43.2 Å². The van der Waals surface area contributed by atoms with Gasteiger partial charge in [0.05, 0.1) is 17.4 Å². The molecule has 2 nitrogen and oxygen atoms in total. The van der Waals surface area contributed by atoms with Crippen LogP contribution in [0.15, 0.2) is 36.5 Å². The minimum atomic E-state index is -0.937. The Morgan fingerprint density at radius 3 is 2.21 bits per heavy atom. The number of aromatic nitrogens is 1. The molecule has 1 heterocycles. The maximum absolute atomic E-state index is 13.1. The Bertz CT molecular complexity index is 559. The molecule has 2 aromatic rings. The molecule has 5 heteroatoms. The maximum Gasteiger partial charge on any atom is 0.141 e. The molecular weight excluding hydrogens is 253 g/mol. The predicted molar refractivity (Wildman–Crippen MR) is 65.8 cm³/mol. The standard InChI is InChI=1S/C14H13F3N2/c1-14(18,13-3-2-10(15)8-19-13)7-9-4-11(16)6-12(17)5-9/h2-6,8H,7,18H2,1H3. The zero-order chi connectivity index (χ0) is 14.0. The van der Waals surface area contributed by atoms with E-state index in [1.54, 1.807) is 6.92 Å². The van der Waals surface area contributed by atoms with Gasteiger partial charge in [0.2, 0.25) is 0 Å². The summed E-state index contributed by atoms with van der Waals surface area (Å²) in [5.41, 5.74) is 6.04. The summed E-state index contributed by atoms with van der Waals surface area (Å²) < 4.78 is 39.0. The normalized spacial score (nSPS) is 14.2.